The van der Waals surface area contributed by atoms with Gasteiger partial charge >= 0.3 is 0 Å². The number of rotatable bonds is 7. The summed E-state index contributed by atoms with van der Waals surface area (Å²) in [6.45, 7) is 3.46. The molecule has 1 N–H and O–H groups in total. The van der Waals surface area contributed by atoms with Crippen molar-refractivity contribution in [1.82, 2.24) is 9.62 Å². The van der Waals surface area contributed by atoms with Crippen molar-refractivity contribution in [2.45, 2.75) is 38.4 Å². The molecule has 0 aliphatic carbocycles. The van der Waals surface area contributed by atoms with Gasteiger partial charge in [-0.15, -0.1) is 0 Å². The topological polar surface area (TPSA) is 66.5 Å². The van der Waals surface area contributed by atoms with E-state index in [0.29, 0.717) is 38.0 Å². The molecule has 2 rings (SSSR count). The van der Waals surface area contributed by atoms with E-state index in [-0.39, 0.29) is 23.4 Å². The fourth-order valence-corrected chi connectivity index (χ4v) is 4.37. The highest BCUT2D eigenvalue weighted by Crippen LogP contribution is 2.22. The normalized spacial score (nSPS) is 16.9. The van der Waals surface area contributed by atoms with E-state index < -0.39 is 10.0 Å². The predicted molar refractivity (Wildman–Crippen MR) is 91.2 cm³/mol. The quantitative estimate of drug-likeness (QED) is 0.762. The first-order valence-corrected chi connectivity index (χ1v) is 10.0. The zero-order valence-electron chi connectivity index (χ0n) is 14.0. The number of hydrogen-bond acceptors (Lipinski definition) is 3. The minimum atomic E-state index is -3.44. The molecule has 0 atom stereocenters. The maximum Gasteiger partial charge on any atom is 0.223 e. The minimum Gasteiger partial charge on any atom is -0.356 e. The molecule has 0 unspecified atom stereocenters. The molecule has 0 saturated carbocycles. The van der Waals surface area contributed by atoms with E-state index in [1.165, 1.54) is 28.6 Å². The molecular weight excluding hydrogens is 331 g/mol. The largest absolute Gasteiger partial charge is 0.356 e. The molecular formula is C17H25FN2O3S. The monoisotopic (exact) mass is 356 g/mol. The number of hydrogen-bond donors (Lipinski definition) is 1. The molecule has 0 aromatic heterocycles. The van der Waals surface area contributed by atoms with Gasteiger partial charge in [0.05, 0.1) is 5.75 Å². The zero-order chi connectivity index (χ0) is 17.6. The summed E-state index contributed by atoms with van der Waals surface area (Å²) in [6, 6.07) is 5.50. The summed E-state index contributed by atoms with van der Waals surface area (Å²) in [5.41, 5.74) is 0.566. The van der Waals surface area contributed by atoms with Crippen LogP contribution in [0.15, 0.2) is 24.3 Å². The Hall–Kier alpha value is -1.47. The average Bonchev–Trinajstić information content (AvgIpc) is 2.57. The molecule has 24 heavy (non-hydrogen) atoms. The number of amides is 1. The van der Waals surface area contributed by atoms with Crippen LogP contribution in [0.5, 0.6) is 0 Å². The number of nitrogens with one attached hydrogen (secondary N) is 1. The molecule has 1 aliphatic rings. The fourth-order valence-electron chi connectivity index (χ4n) is 2.81. The van der Waals surface area contributed by atoms with Gasteiger partial charge in [0.25, 0.3) is 0 Å². The molecule has 1 aromatic carbocycles. The Balaban J connectivity index is 1.86. The van der Waals surface area contributed by atoms with Crippen molar-refractivity contribution in [1.29, 1.82) is 0 Å². The predicted octanol–water partition coefficient (Wildman–Crippen LogP) is 2.28. The molecule has 1 aliphatic heterocycles. The fraction of sp³-hybridized carbons (Fsp3) is 0.588. The highest BCUT2D eigenvalue weighted by molar-refractivity contribution is 7.88. The minimum absolute atomic E-state index is 0.0269. The molecule has 0 bridgehead atoms. The second-order valence-electron chi connectivity index (χ2n) is 6.20. The molecule has 1 fully saturated rings. The highest BCUT2D eigenvalue weighted by atomic mass is 32.2. The lowest BCUT2D eigenvalue weighted by Gasteiger charge is -2.30. The first-order valence-electron chi connectivity index (χ1n) is 8.42. The summed E-state index contributed by atoms with van der Waals surface area (Å²) in [4.78, 5) is 12.0. The number of benzene rings is 1. The lowest BCUT2D eigenvalue weighted by Crippen LogP contribution is -2.43. The number of sulfonamides is 1. The third-order valence-corrected chi connectivity index (χ3v) is 6.16. The van der Waals surface area contributed by atoms with E-state index in [1.54, 1.807) is 0 Å². The van der Waals surface area contributed by atoms with E-state index in [0.717, 1.165) is 12.8 Å². The third kappa shape index (κ3) is 5.27. The summed E-state index contributed by atoms with van der Waals surface area (Å²) in [7, 11) is -3.44. The van der Waals surface area contributed by atoms with Gasteiger partial charge in [-0.05, 0) is 37.0 Å². The van der Waals surface area contributed by atoms with E-state index in [9.17, 15) is 17.6 Å². The van der Waals surface area contributed by atoms with Gasteiger partial charge in [-0.3, -0.25) is 4.79 Å². The van der Waals surface area contributed by atoms with Gasteiger partial charge in [0.1, 0.15) is 5.82 Å². The van der Waals surface area contributed by atoms with Crippen LogP contribution < -0.4 is 5.32 Å². The summed E-state index contributed by atoms with van der Waals surface area (Å²) >= 11 is 0. The molecule has 5 nitrogen and oxygen atoms in total. The molecule has 0 radical (unpaired) electrons. The molecule has 1 heterocycles. The van der Waals surface area contributed by atoms with Gasteiger partial charge < -0.3 is 5.32 Å². The van der Waals surface area contributed by atoms with Crippen LogP contribution in [0, 0.1) is 11.7 Å². The second-order valence-corrected chi connectivity index (χ2v) is 8.17. The number of carbonyl (C=O) groups is 1. The third-order valence-electron chi connectivity index (χ3n) is 4.31. The average molecular weight is 356 g/mol. The van der Waals surface area contributed by atoms with Crippen LogP contribution in [0.3, 0.4) is 0 Å². The Labute approximate surface area is 143 Å². The summed E-state index contributed by atoms with van der Waals surface area (Å²) < 4.78 is 39.3. The summed E-state index contributed by atoms with van der Waals surface area (Å²) in [6.07, 6.45) is 3.07. The van der Waals surface area contributed by atoms with Crippen LogP contribution in [-0.4, -0.2) is 38.3 Å². The van der Waals surface area contributed by atoms with Crippen molar-refractivity contribution in [3.63, 3.8) is 0 Å². The van der Waals surface area contributed by atoms with Gasteiger partial charge in [-0.1, -0.05) is 25.5 Å². The van der Waals surface area contributed by atoms with E-state index in [2.05, 4.69) is 12.2 Å². The van der Waals surface area contributed by atoms with Crippen molar-refractivity contribution < 1.29 is 17.6 Å². The van der Waals surface area contributed by atoms with E-state index >= 15 is 0 Å². The maximum absolute atomic E-state index is 12.9. The second kappa shape index (κ2) is 8.58. The van der Waals surface area contributed by atoms with E-state index in [1.807, 2.05) is 0 Å². The van der Waals surface area contributed by atoms with Crippen molar-refractivity contribution in [3.05, 3.63) is 35.6 Å². The molecule has 134 valence electrons. The molecule has 7 heteroatoms. The SMILES string of the molecule is CCCCNC(=O)C1CCN(S(=O)(=O)Cc2ccc(F)cc2)CC1. The van der Waals surface area contributed by atoms with Crippen LogP contribution in [0.25, 0.3) is 0 Å². The Morgan fingerprint density at radius 3 is 2.46 bits per heavy atom. The van der Waals surface area contributed by atoms with Gasteiger partial charge in [0.15, 0.2) is 0 Å². The lowest BCUT2D eigenvalue weighted by atomic mass is 9.97. The van der Waals surface area contributed by atoms with Gasteiger partial charge in [-0.2, -0.15) is 0 Å². The number of carbonyl (C=O) groups excluding carboxylic acids is 1. The first kappa shape index (κ1) is 18.9. The van der Waals surface area contributed by atoms with Gasteiger partial charge in [0, 0.05) is 25.6 Å². The Morgan fingerprint density at radius 2 is 1.88 bits per heavy atom. The molecule has 1 saturated heterocycles. The number of unbranched alkanes of at least 4 members (excludes halogenated alkanes) is 1. The molecule has 0 spiro atoms. The van der Waals surface area contributed by atoms with Crippen LogP contribution in [0.2, 0.25) is 0 Å². The van der Waals surface area contributed by atoms with Crippen molar-refractivity contribution in [2.75, 3.05) is 19.6 Å². The zero-order valence-corrected chi connectivity index (χ0v) is 14.8. The van der Waals surface area contributed by atoms with Crippen LogP contribution >= 0.6 is 0 Å². The summed E-state index contributed by atoms with van der Waals surface area (Å²) in [5, 5.41) is 2.91. The number of nitrogens with zero attached hydrogens (tertiary/aromatic N) is 1. The van der Waals surface area contributed by atoms with Gasteiger partial charge in [-0.25, -0.2) is 17.1 Å². The molecule has 1 amide bonds. The van der Waals surface area contributed by atoms with Crippen LogP contribution in [0.1, 0.15) is 38.2 Å². The van der Waals surface area contributed by atoms with E-state index in [4.69, 9.17) is 0 Å². The number of halogens is 1. The van der Waals surface area contributed by atoms with Gasteiger partial charge in [0.2, 0.25) is 15.9 Å². The molecule has 1 aromatic rings. The lowest BCUT2D eigenvalue weighted by molar-refractivity contribution is -0.126. The first-order chi connectivity index (χ1) is 11.4. The van der Waals surface area contributed by atoms with Crippen LogP contribution in [0.4, 0.5) is 4.39 Å². The Bertz CT molecular complexity index is 638. The Morgan fingerprint density at radius 1 is 1.25 bits per heavy atom. The van der Waals surface area contributed by atoms with Crippen molar-refractivity contribution in [3.8, 4) is 0 Å². The smallest absolute Gasteiger partial charge is 0.223 e. The van der Waals surface area contributed by atoms with Crippen molar-refractivity contribution in [2.24, 2.45) is 5.92 Å². The Kier molecular flexibility index (Phi) is 6.74. The standard InChI is InChI=1S/C17H25FN2O3S/c1-2-3-10-19-17(21)15-8-11-20(12-9-15)24(22,23)13-14-4-6-16(18)7-5-14/h4-7,15H,2-3,8-13H2,1H3,(H,19,21). The maximum atomic E-state index is 12.9. The number of piperidine rings is 1. The van der Waals surface area contributed by atoms with Crippen LogP contribution in [-0.2, 0) is 20.6 Å². The van der Waals surface area contributed by atoms with Crippen molar-refractivity contribution >= 4 is 15.9 Å². The highest BCUT2D eigenvalue weighted by Gasteiger charge is 2.30. The summed E-state index contributed by atoms with van der Waals surface area (Å²) in [5.74, 6) is -0.607.